The molecule has 0 radical (unpaired) electrons. The number of hydrogen-bond donors (Lipinski definition) is 1. The molecule has 2 fully saturated rings. The Labute approximate surface area is 94.0 Å². The van der Waals surface area contributed by atoms with Crippen molar-refractivity contribution in [3.63, 3.8) is 0 Å². The van der Waals surface area contributed by atoms with Gasteiger partial charge in [-0.2, -0.15) is 4.98 Å². The van der Waals surface area contributed by atoms with Crippen molar-refractivity contribution in [3.05, 3.63) is 11.7 Å². The number of nitrogens with one attached hydrogen (secondary N) is 1. The molecular formula is C9H14ClN3O2. The number of halogens is 1. The Bertz CT molecular complexity index is 323. The molecular weight excluding hydrogens is 218 g/mol. The lowest BCUT2D eigenvalue weighted by Gasteiger charge is -2.26. The molecule has 1 saturated heterocycles. The zero-order chi connectivity index (χ0) is 9.38. The highest BCUT2D eigenvalue weighted by Crippen LogP contribution is 2.38. The minimum absolute atomic E-state index is 0. The van der Waals surface area contributed by atoms with E-state index in [1.54, 1.807) is 0 Å². The Morgan fingerprint density at radius 3 is 2.80 bits per heavy atom. The van der Waals surface area contributed by atoms with Crippen LogP contribution in [-0.2, 0) is 11.3 Å². The van der Waals surface area contributed by atoms with E-state index in [9.17, 15) is 0 Å². The molecule has 0 aromatic carbocycles. The van der Waals surface area contributed by atoms with Crippen molar-refractivity contribution >= 4 is 12.4 Å². The first-order chi connectivity index (χ1) is 6.92. The van der Waals surface area contributed by atoms with Crippen molar-refractivity contribution in [3.8, 4) is 0 Å². The maximum absolute atomic E-state index is 5.52. The third kappa shape index (κ3) is 2.48. The maximum atomic E-state index is 5.52. The third-order valence-electron chi connectivity index (χ3n) is 2.61. The fourth-order valence-electron chi connectivity index (χ4n) is 1.40. The summed E-state index contributed by atoms with van der Waals surface area (Å²) in [6.07, 6.45) is 2.73. The first-order valence-corrected chi connectivity index (χ1v) is 5.06. The summed E-state index contributed by atoms with van der Waals surface area (Å²) in [5.41, 5.74) is 0. The summed E-state index contributed by atoms with van der Waals surface area (Å²) in [6.45, 7) is 2.32. The van der Waals surface area contributed by atoms with E-state index in [0.29, 0.717) is 24.5 Å². The van der Waals surface area contributed by atoms with Crippen LogP contribution in [0, 0.1) is 0 Å². The highest BCUT2D eigenvalue weighted by atomic mass is 35.5. The number of aromatic nitrogens is 2. The molecule has 1 saturated carbocycles. The van der Waals surface area contributed by atoms with Gasteiger partial charge >= 0.3 is 0 Å². The van der Waals surface area contributed by atoms with Gasteiger partial charge in [-0.3, -0.25) is 0 Å². The monoisotopic (exact) mass is 231 g/mol. The maximum Gasteiger partial charge on any atom is 0.252 e. The predicted molar refractivity (Wildman–Crippen MR) is 55.0 cm³/mol. The molecule has 1 N–H and O–H groups in total. The third-order valence-corrected chi connectivity index (χ3v) is 2.61. The Kier molecular flexibility index (Phi) is 3.23. The molecule has 3 rings (SSSR count). The molecule has 15 heavy (non-hydrogen) atoms. The average molecular weight is 232 g/mol. The van der Waals surface area contributed by atoms with Crippen LogP contribution in [0.15, 0.2) is 4.52 Å². The van der Waals surface area contributed by atoms with Crippen molar-refractivity contribution in [1.82, 2.24) is 15.5 Å². The topological polar surface area (TPSA) is 60.2 Å². The molecule has 1 aliphatic heterocycles. The molecule has 1 aromatic rings. The molecule has 6 heteroatoms. The van der Waals surface area contributed by atoms with Crippen LogP contribution in [0.2, 0.25) is 0 Å². The summed E-state index contributed by atoms with van der Waals surface area (Å²) in [6, 6.07) is 0. The Hall–Kier alpha value is -0.650. The van der Waals surface area contributed by atoms with E-state index in [1.165, 1.54) is 12.8 Å². The zero-order valence-electron chi connectivity index (χ0n) is 8.31. The fourth-order valence-corrected chi connectivity index (χ4v) is 1.40. The fraction of sp³-hybridized carbons (Fsp3) is 0.778. The predicted octanol–water partition coefficient (Wildman–Crippen LogP) is 0.857. The second-order valence-corrected chi connectivity index (χ2v) is 3.91. The standard InChI is InChI=1S/C9H13N3O2.ClH/c1-2-6(1)9-11-8(14-12-9)5-13-7-3-10-4-7;/h6-7,10H,1-5H2;1H. The number of nitrogens with zero attached hydrogens (tertiary/aromatic N) is 2. The highest BCUT2D eigenvalue weighted by molar-refractivity contribution is 5.85. The van der Waals surface area contributed by atoms with Crippen LogP contribution in [0.5, 0.6) is 0 Å². The molecule has 0 unspecified atom stereocenters. The van der Waals surface area contributed by atoms with Crippen LogP contribution in [0.4, 0.5) is 0 Å². The van der Waals surface area contributed by atoms with Gasteiger partial charge in [0, 0.05) is 19.0 Å². The largest absolute Gasteiger partial charge is 0.366 e. The van der Waals surface area contributed by atoms with Gasteiger partial charge in [0.15, 0.2) is 5.82 Å². The molecule has 0 atom stereocenters. The zero-order valence-corrected chi connectivity index (χ0v) is 9.13. The molecule has 0 spiro atoms. The summed E-state index contributed by atoms with van der Waals surface area (Å²) >= 11 is 0. The van der Waals surface area contributed by atoms with Crippen LogP contribution in [0.1, 0.15) is 30.5 Å². The number of rotatable bonds is 4. The second-order valence-electron chi connectivity index (χ2n) is 3.91. The lowest BCUT2D eigenvalue weighted by Crippen LogP contribution is -2.48. The van der Waals surface area contributed by atoms with E-state index in [4.69, 9.17) is 9.26 Å². The summed E-state index contributed by atoms with van der Waals surface area (Å²) < 4.78 is 10.6. The summed E-state index contributed by atoms with van der Waals surface area (Å²) in [5.74, 6) is 2.02. The van der Waals surface area contributed by atoms with Gasteiger partial charge in [0.05, 0.1) is 6.10 Å². The molecule has 84 valence electrons. The van der Waals surface area contributed by atoms with Crippen LogP contribution in [0.3, 0.4) is 0 Å². The molecule has 1 aliphatic carbocycles. The van der Waals surface area contributed by atoms with Crippen molar-refractivity contribution in [2.45, 2.75) is 31.5 Å². The SMILES string of the molecule is C(OC1CNC1)c1nc(C2CC2)no1.Cl. The highest BCUT2D eigenvalue weighted by Gasteiger charge is 2.29. The van der Waals surface area contributed by atoms with Crippen LogP contribution < -0.4 is 5.32 Å². The molecule has 2 aliphatic rings. The van der Waals surface area contributed by atoms with Crippen LogP contribution >= 0.6 is 12.4 Å². The lowest BCUT2D eigenvalue weighted by atomic mass is 10.2. The number of hydrogen-bond acceptors (Lipinski definition) is 5. The first-order valence-electron chi connectivity index (χ1n) is 5.06. The van der Waals surface area contributed by atoms with Gasteiger partial charge in [0.25, 0.3) is 5.89 Å². The van der Waals surface area contributed by atoms with E-state index in [2.05, 4.69) is 15.5 Å². The van der Waals surface area contributed by atoms with Crippen molar-refractivity contribution in [2.75, 3.05) is 13.1 Å². The smallest absolute Gasteiger partial charge is 0.252 e. The van der Waals surface area contributed by atoms with E-state index in [0.717, 1.165) is 18.9 Å². The number of ether oxygens (including phenoxy) is 1. The van der Waals surface area contributed by atoms with Gasteiger partial charge in [-0.05, 0) is 12.8 Å². The quantitative estimate of drug-likeness (QED) is 0.833. The molecule has 1 aromatic heterocycles. The normalized spacial score (nSPS) is 20.8. The van der Waals surface area contributed by atoms with Gasteiger partial charge < -0.3 is 14.6 Å². The van der Waals surface area contributed by atoms with E-state index in [-0.39, 0.29) is 12.4 Å². The first kappa shape index (κ1) is 10.9. The van der Waals surface area contributed by atoms with Gasteiger partial charge in [-0.1, -0.05) is 5.16 Å². The minimum Gasteiger partial charge on any atom is -0.366 e. The van der Waals surface area contributed by atoms with Crippen molar-refractivity contribution < 1.29 is 9.26 Å². The molecule has 5 nitrogen and oxygen atoms in total. The Morgan fingerprint density at radius 2 is 2.20 bits per heavy atom. The second kappa shape index (κ2) is 4.47. The van der Waals surface area contributed by atoms with Crippen molar-refractivity contribution in [2.24, 2.45) is 0 Å². The average Bonchev–Trinajstić information content (AvgIpc) is 2.85. The van der Waals surface area contributed by atoms with Crippen molar-refractivity contribution in [1.29, 1.82) is 0 Å². The summed E-state index contributed by atoms with van der Waals surface area (Å²) in [4.78, 5) is 4.28. The summed E-state index contributed by atoms with van der Waals surface area (Å²) in [5, 5.41) is 7.06. The van der Waals surface area contributed by atoms with E-state index < -0.39 is 0 Å². The van der Waals surface area contributed by atoms with Crippen LogP contribution in [-0.4, -0.2) is 29.3 Å². The van der Waals surface area contributed by atoms with Gasteiger partial charge in [0.2, 0.25) is 0 Å². The lowest BCUT2D eigenvalue weighted by molar-refractivity contribution is -0.00397. The van der Waals surface area contributed by atoms with Crippen LogP contribution in [0.25, 0.3) is 0 Å². The van der Waals surface area contributed by atoms with E-state index in [1.807, 2.05) is 0 Å². The van der Waals surface area contributed by atoms with Gasteiger partial charge in [-0.15, -0.1) is 12.4 Å². The molecule has 2 heterocycles. The Balaban J connectivity index is 0.000000853. The Morgan fingerprint density at radius 1 is 1.40 bits per heavy atom. The molecule has 0 amide bonds. The van der Waals surface area contributed by atoms with Gasteiger partial charge in [-0.25, -0.2) is 0 Å². The van der Waals surface area contributed by atoms with E-state index >= 15 is 0 Å². The minimum atomic E-state index is 0. The van der Waals surface area contributed by atoms with Gasteiger partial charge in [0.1, 0.15) is 6.61 Å². The summed E-state index contributed by atoms with van der Waals surface area (Å²) in [7, 11) is 0. The molecule has 0 bridgehead atoms.